The molecule has 0 amide bonds. The summed E-state index contributed by atoms with van der Waals surface area (Å²) in [6.45, 7) is 0.205. The van der Waals surface area contributed by atoms with Gasteiger partial charge in [0.15, 0.2) is 0 Å². The molecule has 5 heteroatoms. The zero-order chi connectivity index (χ0) is 14.7. The van der Waals surface area contributed by atoms with Crippen molar-refractivity contribution < 1.29 is 9.47 Å². The minimum absolute atomic E-state index is 0.205. The summed E-state index contributed by atoms with van der Waals surface area (Å²) in [5.41, 5.74) is 2.59. The Morgan fingerprint density at radius 3 is 2.90 bits per heavy atom. The summed E-state index contributed by atoms with van der Waals surface area (Å²) in [4.78, 5) is 11.8. The molecule has 5 nitrogen and oxygen atoms in total. The van der Waals surface area contributed by atoms with Gasteiger partial charge in [0.25, 0.3) is 0 Å². The Labute approximate surface area is 122 Å². The molecule has 0 atom stereocenters. The number of H-pyrrole nitrogens is 1. The molecular formula is C16H13N3O2. The van der Waals surface area contributed by atoms with E-state index < -0.39 is 0 Å². The third-order valence-electron chi connectivity index (χ3n) is 2.99. The highest BCUT2D eigenvalue weighted by Gasteiger charge is 2.09. The van der Waals surface area contributed by atoms with Crippen LogP contribution in [0.15, 0.2) is 36.7 Å². The van der Waals surface area contributed by atoms with Crippen LogP contribution in [-0.2, 0) is 0 Å². The number of imidazole rings is 1. The number of terminal acetylenes is 1. The van der Waals surface area contributed by atoms with E-state index in [9.17, 15) is 0 Å². The molecule has 3 aromatic rings. The lowest BCUT2D eigenvalue weighted by Gasteiger charge is -2.07. The second-order valence-corrected chi connectivity index (χ2v) is 4.37. The molecule has 0 unspecified atom stereocenters. The number of pyridine rings is 1. The lowest BCUT2D eigenvalue weighted by molar-refractivity contribution is 0.363. The number of rotatable bonds is 4. The Balaban J connectivity index is 2.05. The smallest absolute Gasteiger partial charge is 0.148 e. The number of fused-ring (bicyclic) bond motifs is 1. The first kappa shape index (κ1) is 13.0. The van der Waals surface area contributed by atoms with Crippen molar-refractivity contribution in [3.63, 3.8) is 0 Å². The summed E-state index contributed by atoms with van der Waals surface area (Å²) in [5.74, 6) is 4.48. The lowest BCUT2D eigenvalue weighted by Crippen LogP contribution is -1.95. The van der Waals surface area contributed by atoms with Gasteiger partial charge in [-0.3, -0.25) is 4.98 Å². The van der Waals surface area contributed by atoms with Crippen LogP contribution in [0.1, 0.15) is 0 Å². The maximum atomic E-state index is 5.46. The molecule has 0 aliphatic rings. The predicted octanol–water partition coefficient (Wildman–Crippen LogP) is 2.65. The second-order valence-electron chi connectivity index (χ2n) is 4.37. The first-order valence-electron chi connectivity index (χ1n) is 6.35. The number of hydrogen-bond acceptors (Lipinski definition) is 4. The summed E-state index contributed by atoms with van der Waals surface area (Å²) < 4.78 is 10.7. The van der Waals surface area contributed by atoms with Gasteiger partial charge >= 0.3 is 0 Å². The average molecular weight is 279 g/mol. The molecule has 2 aromatic heterocycles. The average Bonchev–Trinajstić information content (AvgIpc) is 2.96. The summed E-state index contributed by atoms with van der Waals surface area (Å²) in [5, 5.41) is 0. The molecule has 0 saturated heterocycles. The van der Waals surface area contributed by atoms with Crippen LogP contribution in [0, 0.1) is 12.3 Å². The van der Waals surface area contributed by atoms with E-state index in [1.807, 2.05) is 18.2 Å². The van der Waals surface area contributed by atoms with Gasteiger partial charge < -0.3 is 14.5 Å². The van der Waals surface area contributed by atoms with E-state index in [-0.39, 0.29) is 6.61 Å². The molecule has 0 aliphatic heterocycles. The fraction of sp³-hybridized carbons (Fsp3) is 0.125. The Morgan fingerprint density at radius 2 is 2.14 bits per heavy atom. The summed E-state index contributed by atoms with van der Waals surface area (Å²) in [7, 11) is 1.60. The molecule has 21 heavy (non-hydrogen) atoms. The largest absolute Gasteiger partial charge is 0.497 e. The lowest BCUT2D eigenvalue weighted by atomic mass is 10.2. The van der Waals surface area contributed by atoms with Crippen LogP contribution in [0.3, 0.4) is 0 Å². The van der Waals surface area contributed by atoms with Crippen LogP contribution in [0.25, 0.3) is 22.4 Å². The highest BCUT2D eigenvalue weighted by molar-refractivity contribution is 5.78. The highest BCUT2D eigenvalue weighted by Crippen LogP contribution is 2.29. The van der Waals surface area contributed by atoms with Crippen LogP contribution in [0.2, 0.25) is 0 Å². The Bertz CT molecular complexity index is 785. The van der Waals surface area contributed by atoms with Crippen molar-refractivity contribution in [2.75, 3.05) is 13.7 Å². The Hall–Kier alpha value is -3.00. The summed E-state index contributed by atoms with van der Waals surface area (Å²) in [6, 6.07) is 7.38. The minimum atomic E-state index is 0.205. The zero-order valence-corrected chi connectivity index (χ0v) is 11.5. The molecule has 0 bridgehead atoms. The van der Waals surface area contributed by atoms with Crippen molar-refractivity contribution in [3.05, 3.63) is 36.7 Å². The number of nitrogens with zero attached hydrogens (tertiary/aromatic N) is 2. The van der Waals surface area contributed by atoms with Crippen molar-refractivity contribution in [1.82, 2.24) is 15.0 Å². The number of hydrogen-bond donors (Lipinski definition) is 1. The van der Waals surface area contributed by atoms with Gasteiger partial charge in [0.05, 0.1) is 24.3 Å². The quantitative estimate of drug-likeness (QED) is 0.746. The van der Waals surface area contributed by atoms with Crippen LogP contribution < -0.4 is 9.47 Å². The number of ether oxygens (including phenoxy) is 2. The zero-order valence-electron chi connectivity index (χ0n) is 11.5. The van der Waals surface area contributed by atoms with Crippen LogP contribution in [0.4, 0.5) is 0 Å². The van der Waals surface area contributed by atoms with Crippen LogP contribution in [0.5, 0.6) is 11.5 Å². The van der Waals surface area contributed by atoms with Gasteiger partial charge in [-0.05, 0) is 18.2 Å². The number of benzene rings is 1. The molecule has 0 spiro atoms. The first-order chi connectivity index (χ1) is 10.3. The van der Waals surface area contributed by atoms with E-state index in [1.54, 1.807) is 25.6 Å². The second kappa shape index (κ2) is 5.55. The van der Waals surface area contributed by atoms with Crippen LogP contribution in [-0.4, -0.2) is 28.7 Å². The van der Waals surface area contributed by atoms with Gasteiger partial charge in [-0.15, -0.1) is 6.42 Å². The maximum absolute atomic E-state index is 5.46. The van der Waals surface area contributed by atoms with Crippen molar-refractivity contribution in [1.29, 1.82) is 0 Å². The molecule has 1 aromatic carbocycles. The molecule has 0 aliphatic carbocycles. The molecule has 0 saturated carbocycles. The molecule has 0 radical (unpaired) electrons. The van der Waals surface area contributed by atoms with Crippen molar-refractivity contribution in [2.24, 2.45) is 0 Å². The van der Waals surface area contributed by atoms with E-state index in [0.717, 1.165) is 22.4 Å². The van der Waals surface area contributed by atoms with Gasteiger partial charge in [0.2, 0.25) is 0 Å². The van der Waals surface area contributed by atoms with Crippen LogP contribution >= 0.6 is 0 Å². The van der Waals surface area contributed by atoms with Gasteiger partial charge in [0, 0.05) is 17.8 Å². The third-order valence-corrected chi connectivity index (χ3v) is 2.99. The van der Waals surface area contributed by atoms with E-state index in [2.05, 4.69) is 20.9 Å². The highest BCUT2D eigenvalue weighted by atomic mass is 16.5. The molecule has 1 N–H and O–H groups in total. The molecule has 104 valence electrons. The number of methoxy groups -OCH3 is 1. The Kier molecular flexibility index (Phi) is 3.44. The fourth-order valence-corrected chi connectivity index (χ4v) is 2.03. The molecule has 2 heterocycles. The number of nitrogens with one attached hydrogen (secondary N) is 1. The third kappa shape index (κ3) is 2.65. The normalized spacial score (nSPS) is 10.3. The van der Waals surface area contributed by atoms with E-state index in [1.165, 1.54) is 0 Å². The van der Waals surface area contributed by atoms with Gasteiger partial charge in [-0.25, -0.2) is 4.98 Å². The van der Waals surface area contributed by atoms with Crippen molar-refractivity contribution in [2.45, 2.75) is 0 Å². The van der Waals surface area contributed by atoms with Crippen molar-refractivity contribution in [3.8, 4) is 35.2 Å². The topological polar surface area (TPSA) is 60.0 Å². The molecule has 3 rings (SSSR count). The summed E-state index contributed by atoms with van der Waals surface area (Å²) >= 11 is 0. The number of aromatic nitrogens is 3. The number of aromatic amines is 1. The van der Waals surface area contributed by atoms with Gasteiger partial charge in [-0.1, -0.05) is 5.92 Å². The first-order valence-corrected chi connectivity index (χ1v) is 6.35. The monoisotopic (exact) mass is 279 g/mol. The predicted molar refractivity (Wildman–Crippen MR) is 80.2 cm³/mol. The fourth-order valence-electron chi connectivity index (χ4n) is 2.03. The SMILES string of the molecule is C#CCOc1cc(OC)cc(-c2nc3ccncc3[nH]2)c1. The molecular weight excluding hydrogens is 266 g/mol. The van der Waals surface area contributed by atoms with E-state index >= 15 is 0 Å². The minimum Gasteiger partial charge on any atom is -0.497 e. The maximum Gasteiger partial charge on any atom is 0.148 e. The standard InChI is InChI=1S/C16H13N3O2/c1-3-6-21-13-8-11(7-12(9-13)20-2)16-18-14-4-5-17-10-15(14)19-16/h1,4-5,7-10H,6H2,2H3,(H,18,19). The molecule has 0 fully saturated rings. The van der Waals surface area contributed by atoms with Gasteiger partial charge in [0.1, 0.15) is 23.9 Å². The van der Waals surface area contributed by atoms with Crippen molar-refractivity contribution >= 4 is 11.0 Å². The van der Waals surface area contributed by atoms with E-state index in [0.29, 0.717) is 11.5 Å². The van der Waals surface area contributed by atoms with E-state index in [4.69, 9.17) is 15.9 Å². The summed E-state index contributed by atoms with van der Waals surface area (Å²) in [6.07, 6.45) is 8.66. The van der Waals surface area contributed by atoms with Gasteiger partial charge in [-0.2, -0.15) is 0 Å². The Morgan fingerprint density at radius 1 is 1.29 bits per heavy atom.